The Morgan fingerprint density at radius 3 is 2.76 bits per heavy atom. The minimum absolute atomic E-state index is 0.0252. The molecule has 1 aromatic heterocycles. The van der Waals surface area contributed by atoms with Crippen molar-refractivity contribution in [2.24, 2.45) is 5.73 Å². The van der Waals surface area contributed by atoms with Gasteiger partial charge in [-0.2, -0.15) is 10.2 Å². The Balaban J connectivity index is 2.12. The second-order valence-electron chi connectivity index (χ2n) is 4.36. The van der Waals surface area contributed by atoms with Crippen molar-refractivity contribution in [3.05, 3.63) is 24.0 Å². The highest BCUT2D eigenvalue weighted by Gasteiger charge is 2.26. The van der Waals surface area contributed by atoms with Gasteiger partial charge in [0.15, 0.2) is 0 Å². The van der Waals surface area contributed by atoms with Crippen LogP contribution in [0.4, 0.5) is 0 Å². The number of rotatable bonds is 4. The molecule has 0 saturated heterocycles. The molecule has 5 nitrogen and oxygen atoms in total. The molecule has 0 bridgehead atoms. The molecule has 17 heavy (non-hydrogen) atoms. The molecule has 0 spiro atoms. The maximum atomic E-state index is 12.3. The van der Waals surface area contributed by atoms with E-state index < -0.39 is 0 Å². The fraction of sp³-hybridized carbons (Fsp3) is 0.583. The lowest BCUT2D eigenvalue weighted by Crippen LogP contribution is -2.42. The monoisotopic (exact) mass is 234 g/mol. The van der Waals surface area contributed by atoms with E-state index in [9.17, 15) is 4.79 Å². The standard InChI is InChI=1S/C12H18N4O/c13-6-8-16(11-3-1-2-4-11)12(17)10-5-7-14-15-9-10/h5,7,9,11H,1-4,6,8,13H2. The molecule has 1 aliphatic carbocycles. The van der Waals surface area contributed by atoms with E-state index in [0.29, 0.717) is 24.7 Å². The lowest BCUT2D eigenvalue weighted by Gasteiger charge is -2.28. The van der Waals surface area contributed by atoms with E-state index in [4.69, 9.17) is 5.73 Å². The van der Waals surface area contributed by atoms with Gasteiger partial charge >= 0.3 is 0 Å². The highest BCUT2D eigenvalue weighted by Crippen LogP contribution is 2.24. The maximum absolute atomic E-state index is 12.3. The van der Waals surface area contributed by atoms with E-state index in [1.54, 1.807) is 12.3 Å². The third-order valence-electron chi connectivity index (χ3n) is 3.23. The normalized spacial score (nSPS) is 16.1. The molecule has 1 fully saturated rings. The van der Waals surface area contributed by atoms with Crippen molar-refractivity contribution in [3.63, 3.8) is 0 Å². The van der Waals surface area contributed by atoms with Crippen LogP contribution in [0.1, 0.15) is 36.0 Å². The third kappa shape index (κ3) is 2.79. The zero-order valence-corrected chi connectivity index (χ0v) is 9.88. The van der Waals surface area contributed by atoms with E-state index >= 15 is 0 Å². The van der Waals surface area contributed by atoms with Crippen molar-refractivity contribution in [2.45, 2.75) is 31.7 Å². The molecule has 1 aliphatic rings. The average molecular weight is 234 g/mol. The molecule has 1 saturated carbocycles. The summed E-state index contributed by atoms with van der Waals surface area (Å²) in [5, 5.41) is 7.43. The molecule has 0 atom stereocenters. The summed E-state index contributed by atoms with van der Waals surface area (Å²) in [6.07, 6.45) is 7.64. The Bertz CT molecular complexity index is 362. The van der Waals surface area contributed by atoms with Crippen LogP contribution in [-0.2, 0) is 0 Å². The zero-order valence-electron chi connectivity index (χ0n) is 9.88. The molecule has 2 rings (SSSR count). The van der Waals surface area contributed by atoms with Crippen molar-refractivity contribution < 1.29 is 4.79 Å². The molecule has 2 N–H and O–H groups in total. The number of nitrogens with two attached hydrogens (primary N) is 1. The quantitative estimate of drug-likeness (QED) is 0.837. The summed E-state index contributed by atoms with van der Waals surface area (Å²) >= 11 is 0. The van der Waals surface area contributed by atoms with E-state index in [2.05, 4.69) is 10.2 Å². The molecule has 1 amide bonds. The predicted molar refractivity (Wildman–Crippen MR) is 64.4 cm³/mol. The topological polar surface area (TPSA) is 72.1 Å². The number of nitrogens with zero attached hydrogens (tertiary/aromatic N) is 3. The van der Waals surface area contributed by atoms with Crippen LogP contribution < -0.4 is 5.73 Å². The van der Waals surface area contributed by atoms with Crippen LogP contribution in [0.25, 0.3) is 0 Å². The fourth-order valence-electron chi connectivity index (χ4n) is 2.39. The van der Waals surface area contributed by atoms with Crippen LogP contribution in [0.5, 0.6) is 0 Å². The van der Waals surface area contributed by atoms with E-state index in [1.165, 1.54) is 19.0 Å². The summed E-state index contributed by atoms with van der Waals surface area (Å²) in [5.74, 6) is 0.0252. The van der Waals surface area contributed by atoms with E-state index in [1.807, 2.05) is 4.90 Å². The molecule has 0 aliphatic heterocycles. The Morgan fingerprint density at radius 1 is 1.41 bits per heavy atom. The number of carbonyl (C=O) groups excluding carboxylic acids is 1. The van der Waals surface area contributed by atoms with Crippen LogP contribution in [0, 0.1) is 0 Å². The van der Waals surface area contributed by atoms with Gasteiger partial charge in [0.05, 0.1) is 18.0 Å². The van der Waals surface area contributed by atoms with Crippen molar-refractivity contribution in [3.8, 4) is 0 Å². The lowest BCUT2D eigenvalue weighted by molar-refractivity contribution is 0.0687. The van der Waals surface area contributed by atoms with Gasteiger partial charge in [-0.3, -0.25) is 4.79 Å². The minimum Gasteiger partial charge on any atom is -0.334 e. The first kappa shape index (κ1) is 12.0. The van der Waals surface area contributed by atoms with Crippen LogP contribution in [0.3, 0.4) is 0 Å². The van der Waals surface area contributed by atoms with Crippen LogP contribution in [0.2, 0.25) is 0 Å². The average Bonchev–Trinajstić information content (AvgIpc) is 2.90. The van der Waals surface area contributed by atoms with Gasteiger partial charge in [0.1, 0.15) is 0 Å². The summed E-state index contributed by atoms with van der Waals surface area (Å²) in [5.41, 5.74) is 6.19. The van der Waals surface area contributed by atoms with Gasteiger partial charge in [0.2, 0.25) is 0 Å². The van der Waals surface area contributed by atoms with E-state index in [0.717, 1.165) is 12.8 Å². The predicted octanol–water partition coefficient (Wildman–Crippen LogP) is 0.820. The number of carbonyl (C=O) groups is 1. The molecule has 1 aromatic rings. The summed E-state index contributed by atoms with van der Waals surface area (Å²) in [4.78, 5) is 14.2. The second kappa shape index (κ2) is 5.72. The van der Waals surface area contributed by atoms with Crippen LogP contribution in [0.15, 0.2) is 18.5 Å². The molecule has 92 valence electrons. The zero-order chi connectivity index (χ0) is 12.1. The van der Waals surface area contributed by atoms with Gasteiger partial charge < -0.3 is 10.6 Å². The van der Waals surface area contributed by atoms with Crippen molar-refractivity contribution >= 4 is 5.91 Å². The lowest BCUT2D eigenvalue weighted by atomic mass is 10.1. The minimum atomic E-state index is 0.0252. The number of amides is 1. The van der Waals surface area contributed by atoms with Gasteiger partial charge in [-0.05, 0) is 18.9 Å². The molecular formula is C12H18N4O. The highest BCUT2D eigenvalue weighted by atomic mass is 16.2. The van der Waals surface area contributed by atoms with Gasteiger partial charge in [-0.1, -0.05) is 12.8 Å². The molecule has 0 aromatic carbocycles. The van der Waals surface area contributed by atoms with Gasteiger partial charge in [-0.25, -0.2) is 0 Å². The Morgan fingerprint density at radius 2 is 2.18 bits per heavy atom. The highest BCUT2D eigenvalue weighted by molar-refractivity contribution is 5.94. The SMILES string of the molecule is NCCN(C(=O)c1ccnnc1)C1CCCC1. The molecule has 0 radical (unpaired) electrons. The van der Waals surface area contributed by atoms with Gasteiger partial charge in [0.25, 0.3) is 5.91 Å². The number of aromatic nitrogens is 2. The third-order valence-corrected chi connectivity index (χ3v) is 3.23. The first-order chi connectivity index (χ1) is 8.33. The van der Waals surface area contributed by atoms with Gasteiger partial charge in [0, 0.05) is 19.1 Å². The molecule has 1 heterocycles. The first-order valence-electron chi connectivity index (χ1n) is 6.10. The first-order valence-corrected chi connectivity index (χ1v) is 6.10. The molecular weight excluding hydrogens is 216 g/mol. The fourth-order valence-corrected chi connectivity index (χ4v) is 2.39. The van der Waals surface area contributed by atoms with Crippen molar-refractivity contribution in [1.29, 1.82) is 0 Å². The van der Waals surface area contributed by atoms with Crippen molar-refractivity contribution in [1.82, 2.24) is 15.1 Å². The van der Waals surface area contributed by atoms with Crippen LogP contribution >= 0.6 is 0 Å². The molecule has 5 heteroatoms. The smallest absolute Gasteiger partial charge is 0.255 e. The summed E-state index contributed by atoms with van der Waals surface area (Å²) in [7, 11) is 0. The van der Waals surface area contributed by atoms with Crippen LogP contribution in [-0.4, -0.2) is 40.1 Å². The summed E-state index contributed by atoms with van der Waals surface area (Å²) < 4.78 is 0. The largest absolute Gasteiger partial charge is 0.334 e. The van der Waals surface area contributed by atoms with Gasteiger partial charge in [-0.15, -0.1) is 0 Å². The Kier molecular flexibility index (Phi) is 4.03. The van der Waals surface area contributed by atoms with E-state index in [-0.39, 0.29) is 5.91 Å². The summed E-state index contributed by atoms with van der Waals surface area (Å²) in [6.45, 7) is 1.12. The Hall–Kier alpha value is -1.49. The number of hydrogen-bond donors (Lipinski definition) is 1. The number of hydrogen-bond acceptors (Lipinski definition) is 4. The maximum Gasteiger partial charge on any atom is 0.255 e. The summed E-state index contributed by atoms with van der Waals surface area (Å²) in [6, 6.07) is 2.05. The van der Waals surface area contributed by atoms with Crippen molar-refractivity contribution in [2.75, 3.05) is 13.1 Å². The molecule has 0 unspecified atom stereocenters. The second-order valence-corrected chi connectivity index (χ2v) is 4.36. The Labute approximate surface area is 101 Å².